The number of pyridine rings is 1. The minimum atomic E-state index is -0.394. The first-order valence-corrected chi connectivity index (χ1v) is 9.11. The number of thiophene rings is 1. The first-order chi connectivity index (χ1) is 12.7. The van der Waals surface area contributed by atoms with E-state index < -0.39 is 5.97 Å². The Balaban J connectivity index is 1.78. The number of hydrogen-bond donors (Lipinski definition) is 2. The summed E-state index contributed by atoms with van der Waals surface area (Å²) in [5.74, 6) is -0.394. The summed E-state index contributed by atoms with van der Waals surface area (Å²) >= 11 is 6.84. The molecule has 0 saturated heterocycles. The van der Waals surface area contributed by atoms with Crippen LogP contribution < -0.4 is 10.6 Å². The standard InChI is InChI=1S/C19H17N3O2S2/c1-24-18(23)16-12-15(11-13-5-3-2-4-6-13)26-17(16)22-19(25)21-14-7-9-20-10-8-14/h2-10,12H,11H2,1H3,(H2,20,21,22,25). The minimum absolute atomic E-state index is 0.394. The average Bonchev–Trinajstić information content (AvgIpc) is 3.04. The Morgan fingerprint density at radius 1 is 1.15 bits per heavy atom. The van der Waals surface area contributed by atoms with Crippen LogP contribution in [-0.2, 0) is 11.2 Å². The predicted octanol–water partition coefficient (Wildman–Crippen LogP) is 4.33. The normalized spacial score (nSPS) is 10.2. The number of thiocarbonyl (C=S) groups is 1. The molecule has 0 spiro atoms. The second-order valence-corrected chi connectivity index (χ2v) is 6.97. The summed E-state index contributed by atoms with van der Waals surface area (Å²) in [5.41, 5.74) is 2.47. The lowest BCUT2D eigenvalue weighted by atomic mass is 10.1. The number of aromatic nitrogens is 1. The molecule has 2 heterocycles. The number of benzene rings is 1. The van der Waals surface area contributed by atoms with E-state index in [1.807, 2.05) is 36.4 Å². The number of ether oxygens (including phenoxy) is 1. The maximum absolute atomic E-state index is 12.1. The van der Waals surface area contributed by atoms with E-state index in [0.717, 1.165) is 17.0 Å². The van der Waals surface area contributed by atoms with Gasteiger partial charge in [-0.25, -0.2) is 4.79 Å². The van der Waals surface area contributed by atoms with E-state index in [4.69, 9.17) is 17.0 Å². The number of methoxy groups -OCH3 is 1. The molecule has 0 atom stereocenters. The van der Waals surface area contributed by atoms with Gasteiger partial charge in [0.2, 0.25) is 0 Å². The van der Waals surface area contributed by atoms with Crippen LogP contribution in [-0.4, -0.2) is 23.2 Å². The van der Waals surface area contributed by atoms with Gasteiger partial charge in [-0.2, -0.15) is 0 Å². The molecule has 0 aliphatic carbocycles. The molecule has 5 nitrogen and oxygen atoms in total. The van der Waals surface area contributed by atoms with E-state index in [1.165, 1.54) is 24.0 Å². The van der Waals surface area contributed by atoms with Gasteiger partial charge in [0.05, 0.1) is 12.7 Å². The zero-order valence-corrected chi connectivity index (χ0v) is 15.7. The number of nitrogens with zero attached hydrogens (tertiary/aromatic N) is 1. The third-order valence-electron chi connectivity index (χ3n) is 3.57. The molecule has 0 saturated carbocycles. The van der Waals surface area contributed by atoms with Crippen molar-refractivity contribution >= 4 is 45.3 Å². The minimum Gasteiger partial charge on any atom is -0.465 e. The summed E-state index contributed by atoms with van der Waals surface area (Å²) in [6.45, 7) is 0. The molecule has 0 bridgehead atoms. The highest BCUT2D eigenvalue weighted by atomic mass is 32.1. The summed E-state index contributed by atoms with van der Waals surface area (Å²) in [6, 6.07) is 15.6. The second kappa shape index (κ2) is 8.55. The number of anilines is 2. The molecule has 1 aromatic carbocycles. The van der Waals surface area contributed by atoms with Crippen molar-refractivity contribution in [2.24, 2.45) is 0 Å². The molecule has 3 rings (SSSR count). The molecule has 0 aliphatic heterocycles. The van der Waals surface area contributed by atoms with Crippen LogP contribution in [0.15, 0.2) is 60.9 Å². The zero-order valence-electron chi connectivity index (χ0n) is 14.1. The van der Waals surface area contributed by atoms with Crippen LogP contribution >= 0.6 is 23.6 Å². The quantitative estimate of drug-likeness (QED) is 0.505. The van der Waals surface area contributed by atoms with Gasteiger partial charge in [-0.05, 0) is 36.0 Å². The Kier molecular flexibility index (Phi) is 5.93. The molecule has 0 unspecified atom stereocenters. The van der Waals surface area contributed by atoms with Crippen molar-refractivity contribution in [2.75, 3.05) is 17.7 Å². The predicted molar refractivity (Wildman–Crippen MR) is 109 cm³/mol. The molecule has 7 heteroatoms. The maximum Gasteiger partial charge on any atom is 0.340 e. The van der Waals surface area contributed by atoms with Gasteiger partial charge >= 0.3 is 5.97 Å². The topological polar surface area (TPSA) is 63.2 Å². The SMILES string of the molecule is COC(=O)c1cc(Cc2ccccc2)sc1NC(=S)Nc1ccncc1. The molecular formula is C19H17N3O2S2. The Morgan fingerprint density at radius 3 is 2.58 bits per heavy atom. The fraction of sp³-hybridized carbons (Fsp3) is 0.105. The van der Waals surface area contributed by atoms with Crippen molar-refractivity contribution in [1.82, 2.24) is 4.98 Å². The van der Waals surface area contributed by atoms with Gasteiger partial charge in [-0.1, -0.05) is 30.3 Å². The number of nitrogens with one attached hydrogen (secondary N) is 2. The Hall–Kier alpha value is -2.77. The Morgan fingerprint density at radius 2 is 1.88 bits per heavy atom. The van der Waals surface area contributed by atoms with Crippen LogP contribution in [0.1, 0.15) is 20.8 Å². The van der Waals surface area contributed by atoms with Crippen molar-refractivity contribution in [3.05, 3.63) is 76.9 Å². The van der Waals surface area contributed by atoms with E-state index in [0.29, 0.717) is 15.7 Å². The van der Waals surface area contributed by atoms with Gasteiger partial charge in [-0.3, -0.25) is 4.98 Å². The van der Waals surface area contributed by atoms with E-state index in [9.17, 15) is 4.79 Å². The molecular weight excluding hydrogens is 366 g/mol. The Labute approximate surface area is 161 Å². The van der Waals surface area contributed by atoms with Crippen molar-refractivity contribution in [1.29, 1.82) is 0 Å². The fourth-order valence-electron chi connectivity index (χ4n) is 2.38. The summed E-state index contributed by atoms with van der Waals surface area (Å²) in [6.07, 6.45) is 4.09. The third kappa shape index (κ3) is 4.65. The summed E-state index contributed by atoms with van der Waals surface area (Å²) in [5, 5.41) is 7.23. The number of carbonyl (C=O) groups is 1. The van der Waals surface area contributed by atoms with E-state index >= 15 is 0 Å². The van der Waals surface area contributed by atoms with Crippen LogP contribution in [0.25, 0.3) is 0 Å². The smallest absolute Gasteiger partial charge is 0.340 e. The summed E-state index contributed by atoms with van der Waals surface area (Å²) < 4.78 is 4.90. The van der Waals surface area contributed by atoms with Gasteiger partial charge in [0.25, 0.3) is 0 Å². The highest BCUT2D eigenvalue weighted by Crippen LogP contribution is 2.30. The summed E-state index contributed by atoms with van der Waals surface area (Å²) in [7, 11) is 1.37. The molecule has 2 N–H and O–H groups in total. The van der Waals surface area contributed by atoms with Gasteiger partial charge in [0, 0.05) is 29.4 Å². The highest BCUT2D eigenvalue weighted by Gasteiger charge is 2.18. The molecule has 0 aliphatic rings. The monoisotopic (exact) mass is 383 g/mol. The maximum atomic E-state index is 12.1. The first kappa shape index (κ1) is 18.0. The van der Waals surface area contributed by atoms with Crippen molar-refractivity contribution in [2.45, 2.75) is 6.42 Å². The van der Waals surface area contributed by atoms with Crippen LogP contribution in [0.5, 0.6) is 0 Å². The second-order valence-electron chi connectivity index (χ2n) is 5.42. The van der Waals surface area contributed by atoms with Crippen molar-refractivity contribution in [3.63, 3.8) is 0 Å². The molecule has 26 heavy (non-hydrogen) atoms. The zero-order chi connectivity index (χ0) is 18.4. The molecule has 0 radical (unpaired) electrons. The van der Waals surface area contributed by atoms with Crippen molar-refractivity contribution < 1.29 is 9.53 Å². The number of hydrogen-bond acceptors (Lipinski definition) is 5. The van der Waals surface area contributed by atoms with Crippen LogP contribution in [0.3, 0.4) is 0 Å². The van der Waals surface area contributed by atoms with Crippen molar-refractivity contribution in [3.8, 4) is 0 Å². The summed E-state index contributed by atoms with van der Waals surface area (Å²) in [4.78, 5) is 17.1. The van der Waals surface area contributed by atoms with E-state index in [1.54, 1.807) is 12.4 Å². The van der Waals surface area contributed by atoms with E-state index in [2.05, 4.69) is 27.8 Å². The first-order valence-electron chi connectivity index (χ1n) is 7.88. The lowest BCUT2D eigenvalue weighted by Gasteiger charge is -2.10. The lowest BCUT2D eigenvalue weighted by molar-refractivity contribution is 0.0602. The largest absolute Gasteiger partial charge is 0.465 e. The van der Waals surface area contributed by atoms with Gasteiger partial charge in [0.15, 0.2) is 5.11 Å². The van der Waals surface area contributed by atoms with E-state index in [-0.39, 0.29) is 0 Å². The number of rotatable bonds is 5. The average molecular weight is 383 g/mol. The number of carbonyl (C=O) groups excluding carboxylic acids is 1. The molecule has 0 amide bonds. The van der Waals surface area contributed by atoms with Crippen LogP contribution in [0, 0.1) is 0 Å². The molecule has 2 aromatic heterocycles. The third-order valence-corrected chi connectivity index (χ3v) is 4.83. The Bertz CT molecular complexity index is 896. The molecule has 132 valence electrons. The van der Waals surface area contributed by atoms with Gasteiger partial charge in [-0.15, -0.1) is 11.3 Å². The fourth-order valence-corrected chi connectivity index (χ4v) is 3.75. The van der Waals surface area contributed by atoms with Gasteiger partial charge in [0.1, 0.15) is 5.00 Å². The van der Waals surface area contributed by atoms with Crippen LogP contribution in [0.4, 0.5) is 10.7 Å². The molecule has 0 fully saturated rings. The van der Waals surface area contributed by atoms with Gasteiger partial charge < -0.3 is 15.4 Å². The highest BCUT2D eigenvalue weighted by molar-refractivity contribution is 7.80. The lowest BCUT2D eigenvalue weighted by Crippen LogP contribution is -2.19. The van der Waals surface area contributed by atoms with Crippen LogP contribution in [0.2, 0.25) is 0 Å². The molecule has 3 aromatic rings. The number of esters is 1.